The second-order valence-corrected chi connectivity index (χ2v) is 5.86. The van der Waals surface area contributed by atoms with Crippen molar-refractivity contribution in [2.45, 2.75) is 25.4 Å². The summed E-state index contributed by atoms with van der Waals surface area (Å²) in [5.41, 5.74) is 1.09. The summed E-state index contributed by atoms with van der Waals surface area (Å²) in [6, 6.07) is 2.00. The maximum absolute atomic E-state index is 12.6. The Bertz CT molecular complexity index is 473. The minimum Gasteiger partial charge on any atom is -0.480 e. The van der Waals surface area contributed by atoms with Crippen LogP contribution in [0.5, 0.6) is 0 Å². The lowest BCUT2D eigenvalue weighted by Gasteiger charge is -2.29. The number of aliphatic carboxylic acids is 1. The van der Waals surface area contributed by atoms with Gasteiger partial charge in [-0.3, -0.25) is 4.79 Å². The summed E-state index contributed by atoms with van der Waals surface area (Å²) in [6.45, 7) is 0.857. The minimum absolute atomic E-state index is 0.219. The molecule has 1 aromatic rings. The third-order valence-corrected chi connectivity index (χ3v) is 4.06. The Hall–Kier alpha value is -1.60. The number of carboxylic acids is 1. The fourth-order valence-electron chi connectivity index (χ4n) is 2.11. The molecule has 0 atom stereocenters. The Labute approximate surface area is 127 Å². The molecule has 0 radical (unpaired) electrons. The van der Waals surface area contributed by atoms with E-state index in [9.17, 15) is 9.59 Å². The van der Waals surface area contributed by atoms with Gasteiger partial charge in [-0.25, -0.2) is 4.79 Å². The molecule has 1 aliphatic rings. The van der Waals surface area contributed by atoms with Crippen LogP contribution < -0.4 is 0 Å². The zero-order valence-electron chi connectivity index (χ0n) is 12.0. The molecule has 7 heteroatoms. The molecular formula is C14H20N2O4S. The van der Waals surface area contributed by atoms with Crippen LogP contribution in [-0.2, 0) is 16.1 Å². The molecule has 1 aromatic heterocycles. The van der Waals surface area contributed by atoms with Crippen LogP contribution in [0.3, 0.4) is 0 Å². The van der Waals surface area contributed by atoms with E-state index in [4.69, 9.17) is 9.84 Å². The maximum atomic E-state index is 12.6. The predicted molar refractivity (Wildman–Crippen MR) is 79.4 cm³/mol. The second-order valence-electron chi connectivity index (χ2n) is 5.08. The molecule has 21 heavy (non-hydrogen) atoms. The number of carbonyl (C=O) groups excluding carboxylic acids is 1. The lowest BCUT2D eigenvalue weighted by molar-refractivity contribution is -0.137. The van der Waals surface area contributed by atoms with Crippen molar-refractivity contribution >= 4 is 23.3 Å². The second kappa shape index (κ2) is 7.42. The van der Waals surface area contributed by atoms with E-state index in [1.54, 1.807) is 16.2 Å². The van der Waals surface area contributed by atoms with Gasteiger partial charge in [0.15, 0.2) is 0 Å². The van der Waals surface area contributed by atoms with Gasteiger partial charge < -0.3 is 19.6 Å². The summed E-state index contributed by atoms with van der Waals surface area (Å²) in [5.74, 6) is -1.01. The normalized spacial score (nSPS) is 14.0. The molecule has 0 aliphatic heterocycles. The van der Waals surface area contributed by atoms with Crippen molar-refractivity contribution in [1.29, 1.82) is 0 Å². The third kappa shape index (κ3) is 4.71. The zero-order chi connectivity index (χ0) is 15.2. The third-order valence-electron chi connectivity index (χ3n) is 3.33. The number of hydrogen-bond acceptors (Lipinski definition) is 4. The highest BCUT2D eigenvalue weighted by molar-refractivity contribution is 7.07. The summed E-state index contributed by atoms with van der Waals surface area (Å²) < 4.78 is 4.96. The van der Waals surface area contributed by atoms with Gasteiger partial charge in [0.1, 0.15) is 6.54 Å². The lowest BCUT2D eigenvalue weighted by Crippen LogP contribution is -2.47. The first-order valence-electron chi connectivity index (χ1n) is 6.89. The van der Waals surface area contributed by atoms with Crippen LogP contribution in [0.25, 0.3) is 0 Å². The van der Waals surface area contributed by atoms with Gasteiger partial charge in [0.2, 0.25) is 0 Å². The van der Waals surface area contributed by atoms with Gasteiger partial charge in [-0.15, -0.1) is 0 Å². The van der Waals surface area contributed by atoms with Crippen molar-refractivity contribution in [3.8, 4) is 0 Å². The first-order valence-corrected chi connectivity index (χ1v) is 7.83. The smallest absolute Gasteiger partial charge is 0.323 e. The number of carbonyl (C=O) groups is 2. The molecule has 1 N–H and O–H groups in total. The number of ether oxygens (including phenoxy) is 1. The van der Waals surface area contributed by atoms with Gasteiger partial charge in [-0.05, 0) is 35.2 Å². The minimum atomic E-state index is -1.01. The molecule has 0 spiro atoms. The van der Waals surface area contributed by atoms with E-state index in [2.05, 4.69) is 0 Å². The number of thiophene rings is 1. The van der Waals surface area contributed by atoms with E-state index in [1.807, 2.05) is 16.8 Å². The van der Waals surface area contributed by atoms with Gasteiger partial charge in [-0.1, -0.05) is 0 Å². The van der Waals surface area contributed by atoms with Gasteiger partial charge in [0.25, 0.3) is 0 Å². The Kier molecular flexibility index (Phi) is 5.58. The first kappa shape index (κ1) is 15.8. The van der Waals surface area contributed by atoms with E-state index in [1.165, 1.54) is 12.0 Å². The van der Waals surface area contributed by atoms with E-state index in [-0.39, 0.29) is 25.2 Å². The summed E-state index contributed by atoms with van der Waals surface area (Å²) in [6.07, 6.45) is 1.97. The van der Waals surface area contributed by atoms with E-state index in [0.717, 1.165) is 18.4 Å². The molecule has 6 nitrogen and oxygen atoms in total. The zero-order valence-corrected chi connectivity index (χ0v) is 12.8. The van der Waals surface area contributed by atoms with Crippen molar-refractivity contribution in [2.75, 3.05) is 26.8 Å². The quantitative estimate of drug-likeness (QED) is 0.795. The van der Waals surface area contributed by atoms with Gasteiger partial charge in [-0.2, -0.15) is 11.3 Å². The van der Waals surface area contributed by atoms with Crippen molar-refractivity contribution < 1.29 is 19.4 Å². The molecule has 1 heterocycles. The lowest BCUT2D eigenvalue weighted by atomic mass is 10.3. The van der Waals surface area contributed by atoms with Gasteiger partial charge in [0.05, 0.1) is 6.61 Å². The number of methoxy groups -OCH3 is 1. The Morgan fingerprint density at radius 1 is 1.48 bits per heavy atom. The molecule has 2 amide bonds. The molecular weight excluding hydrogens is 292 g/mol. The highest BCUT2D eigenvalue weighted by Crippen LogP contribution is 2.29. The topological polar surface area (TPSA) is 70.1 Å². The molecule has 1 saturated carbocycles. The number of amides is 2. The average molecular weight is 312 g/mol. The maximum Gasteiger partial charge on any atom is 0.323 e. The Balaban J connectivity index is 2.04. The summed E-state index contributed by atoms with van der Waals surface area (Å²) in [4.78, 5) is 26.7. The average Bonchev–Trinajstić information content (AvgIpc) is 3.16. The highest BCUT2D eigenvalue weighted by Gasteiger charge is 2.35. The van der Waals surface area contributed by atoms with Crippen molar-refractivity contribution in [1.82, 2.24) is 9.80 Å². The fraction of sp³-hybridized carbons (Fsp3) is 0.571. The molecule has 0 unspecified atom stereocenters. The van der Waals surface area contributed by atoms with Crippen LogP contribution in [0.4, 0.5) is 4.79 Å². The summed E-state index contributed by atoms with van der Waals surface area (Å²) in [5, 5.41) is 13.0. The fourth-order valence-corrected chi connectivity index (χ4v) is 2.77. The Morgan fingerprint density at radius 2 is 2.24 bits per heavy atom. The summed E-state index contributed by atoms with van der Waals surface area (Å²) >= 11 is 1.59. The van der Waals surface area contributed by atoms with Crippen LogP contribution in [0.15, 0.2) is 16.8 Å². The molecule has 0 saturated heterocycles. The van der Waals surface area contributed by atoms with Crippen LogP contribution in [0.1, 0.15) is 18.4 Å². The van der Waals surface area contributed by atoms with Crippen molar-refractivity contribution in [2.24, 2.45) is 0 Å². The predicted octanol–water partition coefficient (Wildman–Crippen LogP) is 1.87. The molecule has 0 bridgehead atoms. The SMILES string of the molecule is COCCN(CC(=O)O)C(=O)N(Cc1ccsc1)C1CC1. The Morgan fingerprint density at radius 3 is 2.76 bits per heavy atom. The van der Waals surface area contributed by atoms with E-state index in [0.29, 0.717) is 13.2 Å². The number of urea groups is 1. The number of hydrogen-bond donors (Lipinski definition) is 1. The monoisotopic (exact) mass is 312 g/mol. The number of carboxylic acid groups (broad SMARTS) is 1. The highest BCUT2D eigenvalue weighted by atomic mass is 32.1. The van der Waals surface area contributed by atoms with Gasteiger partial charge >= 0.3 is 12.0 Å². The van der Waals surface area contributed by atoms with E-state index >= 15 is 0 Å². The van der Waals surface area contributed by atoms with Crippen LogP contribution >= 0.6 is 11.3 Å². The first-order chi connectivity index (χ1) is 10.1. The van der Waals surface area contributed by atoms with Gasteiger partial charge in [0, 0.05) is 26.2 Å². The molecule has 1 fully saturated rings. The summed E-state index contributed by atoms with van der Waals surface area (Å²) in [7, 11) is 1.54. The van der Waals surface area contributed by atoms with Crippen LogP contribution in [0, 0.1) is 0 Å². The largest absolute Gasteiger partial charge is 0.480 e. The molecule has 1 aliphatic carbocycles. The van der Waals surface area contributed by atoms with Crippen molar-refractivity contribution in [3.05, 3.63) is 22.4 Å². The van der Waals surface area contributed by atoms with Crippen LogP contribution in [0.2, 0.25) is 0 Å². The molecule has 2 rings (SSSR count). The van der Waals surface area contributed by atoms with E-state index < -0.39 is 5.97 Å². The molecule has 0 aromatic carbocycles. The van der Waals surface area contributed by atoms with Crippen molar-refractivity contribution in [3.63, 3.8) is 0 Å². The standard InChI is InChI=1S/C14H20N2O4S/c1-20-6-5-15(9-13(17)18)14(19)16(12-2-3-12)8-11-4-7-21-10-11/h4,7,10,12H,2-3,5-6,8-9H2,1H3,(H,17,18). The molecule has 116 valence electrons. The number of nitrogens with zero attached hydrogens (tertiary/aromatic N) is 2. The van der Waals surface area contributed by atoms with Crippen LogP contribution in [-0.4, -0.2) is 59.8 Å². The number of rotatable bonds is 8.